The van der Waals surface area contributed by atoms with Crippen LogP contribution in [-0.4, -0.2) is 107 Å². The lowest BCUT2D eigenvalue weighted by atomic mass is 9.91. The Hall–Kier alpha value is -6.25. The maximum absolute atomic E-state index is 14.4. The van der Waals surface area contributed by atoms with Crippen LogP contribution in [0.15, 0.2) is 66.7 Å². The van der Waals surface area contributed by atoms with Crippen LogP contribution >= 0.6 is 0 Å². The van der Waals surface area contributed by atoms with Gasteiger partial charge in [0, 0.05) is 31.8 Å². The average molecular weight is 844 g/mol. The number of unbranched alkanes of at least 4 members (excludes halogenated alkanes) is 1. The number of piperidine rings is 1. The highest BCUT2D eigenvalue weighted by Gasteiger charge is 2.38. The van der Waals surface area contributed by atoms with E-state index in [1.54, 1.807) is 49.5 Å². The van der Waals surface area contributed by atoms with Crippen molar-refractivity contribution in [2.75, 3.05) is 61.8 Å². The van der Waals surface area contributed by atoms with Crippen LogP contribution in [0.5, 0.6) is 34.5 Å². The van der Waals surface area contributed by atoms with Crippen molar-refractivity contribution in [3.05, 3.63) is 83.4 Å². The monoisotopic (exact) mass is 843 g/mol. The number of esters is 1. The minimum absolute atomic E-state index is 0.192. The molecule has 0 aromatic heterocycles. The summed E-state index contributed by atoms with van der Waals surface area (Å²) >= 11 is 0. The molecule has 2 heterocycles. The van der Waals surface area contributed by atoms with E-state index < -0.39 is 24.0 Å². The fourth-order valence-corrected chi connectivity index (χ4v) is 7.62. The Morgan fingerprint density at radius 3 is 2.15 bits per heavy atom. The molecule has 3 aromatic carbocycles. The summed E-state index contributed by atoms with van der Waals surface area (Å²) in [6.07, 6.45) is 6.18. The van der Waals surface area contributed by atoms with Crippen molar-refractivity contribution in [2.24, 2.45) is 0 Å². The topological polar surface area (TPSA) is 168 Å². The van der Waals surface area contributed by atoms with Crippen molar-refractivity contribution in [1.29, 1.82) is 0 Å². The summed E-state index contributed by atoms with van der Waals surface area (Å²) in [7, 11) is 7.71. The normalized spacial score (nSPS) is 15.8. The standard InChI is InChI=1S/C46H57N3O12/c1-7-34(32-27-39(57-4)44(59-6)40(28-32)58-5)45(53)48-23-10-8-15-35(48)46(54)61-36(18-16-30-17-19-37(55-2)38(25-30)56-3)31-13-12-14-33(26-31)60-29-41(50)47-22-9-11-24-49-42(51)20-21-43(49)52/h12-14,17,19-21,25-28,34-36H,7-11,15-16,18,22-24,29H2,1-6H3,(H,47,50)/t34-,35-,36+/m0/s1. The Balaban J connectivity index is 1.30. The Morgan fingerprint density at radius 1 is 0.787 bits per heavy atom. The number of nitrogens with one attached hydrogen (secondary N) is 1. The molecule has 3 aromatic rings. The zero-order valence-corrected chi connectivity index (χ0v) is 35.9. The SMILES string of the molecule is CC[C@H](C(=O)N1CCCC[C@H]1C(=O)O[C@H](CCc1ccc(OC)c(OC)c1)c1cccc(OCC(=O)NCCCCN2C(=O)C=CC2=O)c1)c1cc(OC)c(OC)c(OC)c1. The lowest BCUT2D eigenvalue weighted by molar-refractivity contribution is -0.162. The van der Waals surface area contributed by atoms with Gasteiger partial charge in [-0.15, -0.1) is 0 Å². The van der Waals surface area contributed by atoms with Crippen molar-refractivity contribution in [3.63, 3.8) is 0 Å². The number of benzene rings is 3. The van der Waals surface area contributed by atoms with Crippen molar-refractivity contribution in [2.45, 2.75) is 76.4 Å². The van der Waals surface area contributed by atoms with Gasteiger partial charge in [0.05, 0.1) is 41.5 Å². The molecule has 0 radical (unpaired) electrons. The van der Waals surface area contributed by atoms with E-state index in [0.717, 1.165) is 18.4 Å². The number of amides is 4. The van der Waals surface area contributed by atoms with E-state index in [0.29, 0.717) is 97.2 Å². The van der Waals surface area contributed by atoms with Gasteiger partial charge in [0.1, 0.15) is 17.9 Å². The molecule has 1 N–H and O–H groups in total. The van der Waals surface area contributed by atoms with E-state index in [9.17, 15) is 24.0 Å². The predicted molar refractivity (Wildman–Crippen MR) is 225 cm³/mol. The second kappa shape index (κ2) is 22.4. The molecular weight excluding hydrogens is 787 g/mol. The molecule has 0 aliphatic carbocycles. The predicted octanol–water partition coefficient (Wildman–Crippen LogP) is 5.72. The highest BCUT2D eigenvalue weighted by Crippen LogP contribution is 2.41. The smallest absolute Gasteiger partial charge is 0.329 e. The van der Waals surface area contributed by atoms with Gasteiger partial charge in [0.15, 0.2) is 29.6 Å². The highest BCUT2D eigenvalue weighted by atomic mass is 16.5. The van der Waals surface area contributed by atoms with Gasteiger partial charge in [-0.25, -0.2) is 4.79 Å². The lowest BCUT2D eigenvalue weighted by Crippen LogP contribution is -2.50. The first kappa shape index (κ1) is 45.8. The maximum atomic E-state index is 14.4. The van der Waals surface area contributed by atoms with Crippen molar-refractivity contribution < 1.29 is 57.1 Å². The molecule has 0 spiro atoms. The molecular formula is C46H57N3O12. The second-order valence-corrected chi connectivity index (χ2v) is 14.7. The molecule has 2 aliphatic rings. The zero-order chi connectivity index (χ0) is 43.9. The van der Waals surface area contributed by atoms with E-state index in [1.165, 1.54) is 38.4 Å². The number of carbonyl (C=O) groups is 5. The molecule has 61 heavy (non-hydrogen) atoms. The Morgan fingerprint density at radius 2 is 1.49 bits per heavy atom. The molecule has 0 unspecified atom stereocenters. The largest absolute Gasteiger partial charge is 0.493 e. The fourth-order valence-electron chi connectivity index (χ4n) is 7.62. The van der Waals surface area contributed by atoms with Crippen LogP contribution in [0.4, 0.5) is 0 Å². The number of nitrogens with zero attached hydrogens (tertiary/aromatic N) is 2. The van der Waals surface area contributed by atoms with E-state index >= 15 is 0 Å². The first-order chi connectivity index (χ1) is 29.5. The van der Waals surface area contributed by atoms with Crippen LogP contribution in [0.2, 0.25) is 0 Å². The van der Waals surface area contributed by atoms with Crippen LogP contribution in [0, 0.1) is 0 Å². The summed E-state index contributed by atoms with van der Waals surface area (Å²) in [5.74, 6) is 0.576. The third-order valence-corrected chi connectivity index (χ3v) is 10.9. The van der Waals surface area contributed by atoms with Gasteiger partial charge in [0.2, 0.25) is 11.7 Å². The number of rotatable bonds is 22. The van der Waals surface area contributed by atoms with Crippen LogP contribution in [-0.2, 0) is 35.1 Å². The molecule has 5 rings (SSSR count). The quantitative estimate of drug-likeness (QED) is 0.0743. The Labute approximate surface area is 357 Å². The van der Waals surface area contributed by atoms with Gasteiger partial charge < -0.3 is 43.4 Å². The summed E-state index contributed by atoms with van der Waals surface area (Å²) in [5.41, 5.74) is 2.28. The molecule has 328 valence electrons. The van der Waals surface area contributed by atoms with Gasteiger partial charge >= 0.3 is 5.97 Å². The first-order valence-corrected chi connectivity index (χ1v) is 20.6. The van der Waals surface area contributed by atoms with E-state index in [1.807, 2.05) is 31.2 Å². The summed E-state index contributed by atoms with van der Waals surface area (Å²) < 4.78 is 39.9. The first-order valence-electron chi connectivity index (χ1n) is 20.6. The van der Waals surface area contributed by atoms with E-state index in [-0.39, 0.29) is 36.8 Å². The number of carbonyl (C=O) groups excluding carboxylic acids is 5. The summed E-state index contributed by atoms with van der Waals surface area (Å²) in [6.45, 7) is 2.70. The number of ether oxygens (including phenoxy) is 7. The third-order valence-electron chi connectivity index (χ3n) is 10.9. The van der Waals surface area contributed by atoms with Gasteiger partial charge in [-0.1, -0.05) is 25.1 Å². The highest BCUT2D eigenvalue weighted by molar-refractivity contribution is 6.12. The molecule has 0 saturated carbocycles. The number of imide groups is 1. The number of likely N-dealkylation sites (tertiary alicyclic amines) is 1. The minimum Gasteiger partial charge on any atom is -0.493 e. The van der Waals surface area contributed by atoms with E-state index in [4.69, 9.17) is 33.2 Å². The van der Waals surface area contributed by atoms with Crippen LogP contribution < -0.4 is 33.7 Å². The van der Waals surface area contributed by atoms with Gasteiger partial charge in [-0.3, -0.25) is 24.1 Å². The summed E-state index contributed by atoms with van der Waals surface area (Å²) in [5, 5.41) is 2.80. The molecule has 15 nitrogen and oxygen atoms in total. The molecule has 1 saturated heterocycles. The van der Waals surface area contributed by atoms with Gasteiger partial charge in [0.25, 0.3) is 17.7 Å². The van der Waals surface area contributed by atoms with Crippen LogP contribution in [0.1, 0.15) is 80.6 Å². The van der Waals surface area contributed by atoms with Gasteiger partial charge in [-0.05, 0) is 104 Å². The van der Waals surface area contributed by atoms with E-state index in [2.05, 4.69) is 5.32 Å². The molecule has 0 bridgehead atoms. The Bertz CT molecular complexity index is 2010. The van der Waals surface area contributed by atoms with Crippen molar-refractivity contribution in [3.8, 4) is 34.5 Å². The molecule has 1 fully saturated rings. The number of hydrogen-bond donors (Lipinski definition) is 1. The maximum Gasteiger partial charge on any atom is 0.329 e. The fraction of sp³-hybridized carbons (Fsp3) is 0.457. The lowest BCUT2D eigenvalue weighted by Gasteiger charge is -2.37. The third kappa shape index (κ3) is 11.7. The molecule has 3 atom stereocenters. The number of hydrogen-bond acceptors (Lipinski definition) is 12. The number of methoxy groups -OCH3 is 5. The minimum atomic E-state index is -0.808. The van der Waals surface area contributed by atoms with Gasteiger partial charge in [-0.2, -0.15) is 0 Å². The number of aryl methyl sites for hydroxylation is 1. The molecule has 15 heteroatoms. The molecule has 4 amide bonds. The molecule has 2 aliphatic heterocycles. The Kier molecular flexibility index (Phi) is 16.8. The van der Waals surface area contributed by atoms with Crippen molar-refractivity contribution in [1.82, 2.24) is 15.1 Å². The second-order valence-electron chi connectivity index (χ2n) is 14.7. The van der Waals surface area contributed by atoms with Crippen molar-refractivity contribution >= 4 is 29.6 Å². The zero-order valence-electron chi connectivity index (χ0n) is 35.9. The average Bonchev–Trinajstić information content (AvgIpc) is 3.61. The summed E-state index contributed by atoms with van der Waals surface area (Å²) in [4.78, 5) is 67.8. The summed E-state index contributed by atoms with van der Waals surface area (Å²) in [6, 6.07) is 15.5. The van der Waals surface area contributed by atoms with Crippen LogP contribution in [0.25, 0.3) is 0 Å². The van der Waals surface area contributed by atoms with Crippen LogP contribution in [0.3, 0.4) is 0 Å².